The Hall–Kier alpha value is -1.58. The van der Waals surface area contributed by atoms with Gasteiger partial charge in [-0.05, 0) is 0 Å². The fourth-order valence-electron chi connectivity index (χ4n) is 1.46. The Morgan fingerprint density at radius 1 is 1.37 bits per heavy atom. The molecule has 0 spiro atoms. The van der Waals surface area contributed by atoms with Gasteiger partial charge in [-0.1, -0.05) is 0 Å². The first-order chi connectivity index (χ1) is 9.04. The van der Waals surface area contributed by atoms with E-state index in [4.69, 9.17) is 15.4 Å². The predicted octanol–water partition coefficient (Wildman–Crippen LogP) is 0.309. The molecule has 0 radical (unpaired) electrons. The molecule has 0 aliphatic heterocycles. The van der Waals surface area contributed by atoms with Crippen LogP contribution in [-0.2, 0) is 20.3 Å². The molecule has 2 aromatic heterocycles. The van der Waals surface area contributed by atoms with Gasteiger partial charge in [0.2, 0.25) is 0 Å². The van der Waals surface area contributed by atoms with Gasteiger partial charge in [-0.15, -0.1) is 10.2 Å². The lowest BCUT2D eigenvalue weighted by atomic mass is 10.4. The van der Waals surface area contributed by atoms with Crippen molar-refractivity contribution in [2.45, 2.75) is 11.7 Å². The van der Waals surface area contributed by atoms with Gasteiger partial charge in [0.25, 0.3) is 14.2 Å². The minimum absolute atomic E-state index is 0.233. The van der Waals surface area contributed by atoms with E-state index in [1.807, 2.05) is 0 Å². The molecular weight excluding hydrogens is 294 g/mol. The molecule has 0 bridgehead atoms. The zero-order chi connectivity index (χ0) is 13.9. The van der Waals surface area contributed by atoms with E-state index in [0.717, 1.165) is 0 Å². The molecular formula is C9H10ClN5O3S. The highest BCUT2D eigenvalue weighted by molar-refractivity contribution is 8.13. The highest BCUT2D eigenvalue weighted by atomic mass is 35.7. The van der Waals surface area contributed by atoms with Crippen LogP contribution in [0.25, 0.3) is 11.5 Å². The largest absolute Gasteiger partial charge is 0.383 e. The number of methoxy groups -OCH3 is 1. The SMILES string of the molecule is COCCn1c(-c2cnccn2)nnc1S(=O)(=O)Cl. The van der Waals surface area contributed by atoms with Crippen LogP contribution in [0.4, 0.5) is 0 Å². The standard InChI is InChI=1S/C9H10ClN5O3S/c1-18-5-4-15-8(7-6-11-2-3-12-7)13-14-9(15)19(10,16)17/h2-3,6H,4-5H2,1H3. The van der Waals surface area contributed by atoms with E-state index in [0.29, 0.717) is 5.69 Å². The maximum absolute atomic E-state index is 11.4. The van der Waals surface area contributed by atoms with Crippen LogP contribution in [0.15, 0.2) is 23.7 Å². The van der Waals surface area contributed by atoms with Crippen LogP contribution in [-0.4, -0.2) is 46.9 Å². The lowest BCUT2D eigenvalue weighted by molar-refractivity contribution is 0.185. The van der Waals surface area contributed by atoms with Crippen LogP contribution < -0.4 is 0 Å². The van der Waals surface area contributed by atoms with Crippen molar-refractivity contribution < 1.29 is 13.2 Å². The normalized spacial score (nSPS) is 11.7. The quantitative estimate of drug-likeness (QED) is 0.733. The Balaban J connectivity index is 2.53. The summed E-state index contributed by atoms with van der Waals surface area (Å²) in [6.07, 6.45) is 4.43. The first-order valence-electron chi connectivity index (χ1n) is 5.17. The van der Waals surface area contributed by atoms with Gasteiger partial charge in [-0.25, -0.2) is 13.4 Å². The molecule has 2 rings (SSSR count). The van der Waals surface area contributed by atoms with Gasteiger partial charge in [-0.3, -0.25) is 9.55 Å². The molecule has 8 nitrogen and oxygen atoms in total. The number of ether oxygens (including phenoxy) is 1. The number of hydrogen-bond acceptors (Lipinski definition) is 7. The van der Waals surface area contributed by atoms with Crippen molar-refractivity contribution in [3.8, 4) is 11.5 Å². The summed E-state index contributed by atoms with van der Waals surface area (Å²) < 4.78 is 29.1. The van der Waals surface area contributed by atoms with Crippen LogP contribution in [0.3, 0.4) is 0 Å². The first kappa shape index (κ1) is 13.8. The maximum atomic E-state index is 11.4. The fraction of sp³-hybridized carbons (Fsp3) is 0.333. The second kappa shape index (κ2) is 5.59. The van der Waals surface area contributed by atoms with E-state index >= 15 is 0 Å². The molecule has 0 atom stereocenters. The van der Waals surface area contributed by atoms with Crippen molar-refractivity contribution in [2.24, 2.45) is 0 Å². The summed E-state index contributed by atoms with van der Waals surface area (Å²) in [5.74, 6) is 0.268. The summed E-state index contributed by atoms with van der Waals surface area (Å²) >= 11 is 0. The summed E-state index contributed by atoms with van der Waals surface area (Å²) in [5, 5.41) is 7.04. The third-order valence-electron chi connectivity index (χ3n) is 2.25. The molecule has 0 N–H and O–H groups in total. The molecule has 0 aromatic carbocycles. The Morgan fingerprint density at radius 2 is 2.16 bits per heavy atom. The Labute approximate surface area is 113 Å². The molecule has 102 valence electrons. The minimum atomic E-state index is -3.99. The van der Waals surface area contributed by atoms with Gasteiger partial charge in [0, 0.05) is 30.2 Å². The van der Waals surface area contributed by atoms with Gasteiger partial charge in [0.15, 0.2) is 5.82 Å². The van der Waals surface area contributed by atoms with E-state index in [2.05, 4.69) is 20.2 Å². The van der Waals surface area contributed by atoms with Gasteiger partial charge >= 0.3 is 0 Å². The fourth-order valence-corrected chi connectivity index (χ4v) is 2.38. The first-order valence-corrected chi connectivity index (χ1v) is 7.48. The van der Waals surface area contributed by atoms with Crippen LogP contribution in [0.1, 0.15) is 0 Å². The monoisotopic (exact) mass is 303 g/mol. The van der Waals surface area contributed by atoms with E-state index in [1.54, 1.807) is 0 Å². The van der Waals surface area contributed by atoms with Crippen molar-refractivity contribution >= 4 is 19.7 Å². The number of aromatic nitrogens is 5. The summed E-state index contributed by atoms with van der Waals surface area (Å²) in [7, 11) is 2.82. The van der Waals surface area contributed by atoms with E-state index in [9.17, 15) is 8.42 Å². The number of rotatable bonds is 5. The molecule has 0 fully saturated rings. The van der Waals surface area contributed by atoms with E-state index in [-0.39, 0.29) is 24.1 Å². The summed E-state index contributed by atoms with van der Waals surface area (Å²) in [6, 6.07) is 0. The van der Waals surface area contributed by atoms with Crippen LogP contribution in [0.2, 0.25) is 0 Å². The summed E-state index contributed by atoms with van der Waals surface area (Å²) in [5.41, 5.74) is 0.401. The third kappa shape index (κ3) is 3.06. The number of halogens is 1. The van der Waals surface area contributed by atoms with Crippen molar-refractivity contribution in [1.82, 2.24) is 24.7 Å². The molecule has 2 heterocycles. The van der Waals surface area contributed by atoms with Crippen LogP contribution >= 0.6 is 10.7 Å². The zero-order valence-electron chi connectivity index (χ0n) is 9.89. The molecule has 0 saturated carbocycles. The van der Waals surface area contributed by atoms with Gasteiger partial charge in [0.05, 0.1) is 19.3 Å². The van der Waals surface area contributed by atoms with Crippen molar-refractivity contribution in [2.75, 3.05) is 13.7 Å². The average molecular weight is 304 g/mol. The second-order valence-corrected chi connectivity index (χ2v) is 5.94. The summed E-state index contributed by atoms with van der Waals surface area (Å²) in [6.45, 7) is 0.515. The van der Waals surface area contributed by atoms with Crippen molar-refractivity contribution in [3.05, 3.63) is 18.6 Å². The van der Waals surface area contributed by atoms with Gasteiger partial charge in [-0.2, -0.15) is 0 Å². The Morgan fingerprint density at radius 3 is 2.74 bits per heavy atom. The molecule has 19 heavy (non-hydrogen) atoms. The smallest absolute Gasteiger partial charge is 0.296 e. The maximum Gasteiger partial charge on any atom is 0.296 e. The molecule has 10 heteroatoms. The number of hydrogen-bond donors (Lipinski definition) is 0. The number of nitrogens with zero attached hydrogens (tertiary/aromatic N) is 5. The average Bonchev–Trinajstić information content (AvgIpc) is 2.81. The minimum Gasteiger partial charge on any atom is -0.383 e. The third-order valence-corrected chi connectivity index (χ3v) is 3.40. The Kier molecular flexibility index (Phi) is 4.08. The molecule has 0 aliphatic rings. The van der Waals surface area contributed by atoms with Gasteiger partial charge in [0.1, 0.15) is 5.69 Å². The van der Waals surface area contributed by atoms with Crippen molar-refractivity contribution in [3.63, 3.8) is 0 Å². The van der Waals surface area contributed by atoms with Crippen LogP contribution in [0.5, 0.6) is 0 Å². The molecule has 0 unspecified atom stereocenters. The molecule has 0 aliphatic carbocycles. The molecule has 0 saturated heterocycles. The zero-order valence-corrected chi connectivity index (χ0v) is 11.5. The molecule has 0 amide bonds. The lowest BCUT2D eigenvalue weighted by Gasteiger charge is -2.07. The summed E-state index contributed by atoms with van der Waals surface area (Å²) in [4.78, 5) is 7.95. The van der Waals surface area contributed by atoms with E-state index < -0.39 is 9.05 Å². The van der Waals surface area contributed by atoms with Gasteiger partial charge < -0.3 is 4.74 Å². The van der Waals surface area contributed by atoms with Crippen LogP contribution in [0, 0.1) is 0 Å². The molecule has 2 aromatic rings. The lowest BCUT2D eigenvalue weighted by Crippen LogP contribution is -2.12. The van der Waals surface area contributed by atoms with E-state index in [1.165, 1.54) is 30.3 Å². The Bertz CT molecular complexity index is 658. The highest BCUT2D eigenvalue weighted by Crippen LogP contribution is 2.20. The second-order valence-electron chi connectivity index (χ2n) is 3.48. The topological polar surface area (TPSA) is 99.9 Å². The highest BCUT2D eigenvalue weighted by Gasteiger charge is 2.23. The van der Waals surface area contributed by atoms with Crippen molar-refractivity contribution in [1.29, 1.82) is 0 Å². The predicted molar refractivity (Wildman–Crippen MR) is 66.0 cm³/mol.